The van der Waals surface area contributed by atoms with Crippen LogP contribution >= 0.6 is 0 Å². The number of rotatable bonds is 1. The van der Waals surface area contributed by atoms with Gasteiger partial charge in [0.2, 0.25) is 5.90 Å². The van der Waals surface area contributed by atoms with Gasteiger partial charge in [0.25, 0.3) is 6.26 Å². The number of hydrogen-bond acceptors (Lipinski definition) is 4. The van der Waals surface area contributed by atoms with E-state index >= 15 is 0 Å². The van der Waals surface area contributed by atoms with Gasteiger partial charge >= 0.3 is 0 Å². The van der Waals surface area contributed by atoms with Crippen molar-refractivity contribution in [2.24, 2.45) is 0 Å². The Hall–Kier alpha value is -1.76. The maximum Gasteiger partial charge on any atom is 0.293 e. The average molecular weight is 136 g/mol. The minimum atomic E-state index is -0.198. The molecule has 0 radical (unpaired) electrons. The van der Waals surface area contributed by atoms with Crippen LogP contribution in [-0.2, 0) is 4.74 Å². The van der Waals surface area contributed by atoms with Crippen molar-refractivity contribution >= 4 is 5.90 Å². The first-order valence-corrected chi connectivity index (χ1v) is 2.51. The number of ether oxygens (including phenoxy) is 1. The summed E-state index contributed by atoms with van der Waals surface area (Å²) in [6.07, 6.45) is 4.13. The van der Waals surface area contributed by atoms with Crippen molar-refractivity contribution < 1.29 is 9.15 Å². The van der Waals surface area contributed by atoms with Crippen LogP contribution in [0.1, 0.15) is 5.56 Å². The van der Waals surface area contributed by atoms with Gasteiger partial charge in [-0.2, -0.15) is 0 Å². The monoisotopic (exact) mass is 136 g/mol. The molecular formula is C6H4N2O2. The Morgan fingerprint density at radius 1 is 1.80 bits per heavy atom. The van der Waals surface area contributed by atoms with E-state index in [1.807, 2.05) is 0 Å². The average Bonchev–Trinajstić information content (AvgIpc) is 2.38. The maximum absolute atomic E-state index is 7.99. The van der Waals surface area contributed by atoms with Gasteiger partial charge in [0.1, 0.15) is 6.26 Å². The molecule has 1 heterocycles. The van der Waals surface area contributed by atoms with Gasteiger partial charge < -0.3 is 9.15 Å². The van der Waals surface area contributed by atoms with Crippen molar-refractivity contribution in [3.63, 3.8) is 0 Å². The van der Waals surface area contributed by atoms with Crippen molar-refractivity contribution in [2.45, 2.75) is 0 Å². The van der Waals surface area contributed by atoms with Gasteiger partial charge in [-0.3, -0.25) is 5.41 Å². The summed E-state index contributed by atoms with van der Waals surface area (Å²) >= 11 is 0. The van der Waals surface area contributed by atoms with Crippen molar-refractivity contribution in [3.8, 4) is 6.26 Å². The van der Waals surface area contributed by atoms with Crippen molar-refractivity contribution in [2.75, 3.05) is 0 Å². The van der Waals surface area contributed by atoms with E-state index < -0.39 is 0 Å². The molecule has 0 aromatic carbocycles. The summed E-state index contributed by atoms with van der Waals surface area (Å²) < 4.78 is 8.87. The van der Waals surface area contributed by atoms with Crippen LogP contribution < -0.4 is 0 Å². The van der Waals surface area contributed by atoms with Gasteiger partial charge in [0, 0.05) is 0 Å². The summed E-state index contributed by atoms with van der Waals surface area (Å²) in [6.45, 7) is 0. The smallest absolute Gasteiger partial charge is 0.293 e. The third kappa shape index (κ3) is 1.14. The molecule has 1 N–H and O–H groups in total. The van der Waals surface area contributed by atoms with E-state index in [1.54, 1.807) is 6.07 Å². The molecule has 0 bridgehead atoms. The second-order valence-corrected chi connectivity index (χ2v) is 1.53. The van der Waals surface area contributed by atoms with Gasteiger partial charge in [0.05, 0.1) is 11.8 Å². The second-order valence-electron chi connectivity index (χ2n) is 1.53. The predicted octanol–water partition coefficient (Wildman–Crippen LogP) is 1.10. The van der Waals surface area contributed by atoms with E-state index in [1.165, 1.54) is 18.8 Å². The molecule has 4 nitrogen and oxygen atoms in total. The molecule has 0 unspecified atom stereocenters. The molecule has 1 aromatic heterocycles. The summed E-state index contributed by atoms with van der Waals surface area (Å²) in [5.41, 5.74) is 0.460. The number of hydrogen-bond donors (Lipinski definition) is 1. The maximum atomic E-state index is 7.99. The Morgan fingerprint density at radius 2 is 2.60 bits per heavy atom. The van der Waals surface area contributed by atoms with E-state index in [0.29, 0.717) is 5.56 Å². The summed E-state index contributed by atoms with van der Waals surface area (Å²) in [6, 6.07) is 1.54. The minimum Gasteiger partial charge on any atom is -0.472 e. The van der Waals surface area contributed by atoms with Crippen molar-refractivity contribution in [1.29, 1.82) is 10.7 Å². The van der Waals surface area contributed by atoms with E-state index in [9.17, 15) is 0 Å². The van der Waals surface area contributed by atoms with Crippen LogP contribution in [0, 0.1) is 16.9 Å². The Bertz CT molecular complexity index is 258. The van der Waals surface area contributed by atoms with E-state index in [2.05, 4.69) is 9.15 Å². The summed E-state index contributed by atoms with van der Waals surface area (Å²) in [4.78, 5) is 0. The highest BCUT2D eigenvalue weighted by molar-refractivity contribution is 5.91. The van der Waals surface area contributed by atoms with E-state index in [-0.39, 0.29) is 5.90 Å². The van der Waals surface area contributed by atoms with E-state index in [4.69, 9.17) is 10.7 Å². The number of nitrogens with zero attached hydrogens (tertiary/aromatic N) is 1. The van der Waals surface area contributed by atoms with Crippen molar-refractivity contribution in [3.05, 3.63) is 24.2 Å². The predicted molar refractivity (Wildman–Crippen MR) is 32.2 cm³/mol. The highest BCUT2D eigenvalue weighted by Crippen LogP contribution is 2.00. The van der Waals surface area contributed by atoms with Gasteiger partial charge in [-0.25, -0.2) is 0 Å². The van der Waals surface area contributed by atoms with Crippen LogP contribution in [-0.4, -0.2) is 5.90 Å². The fraction of sp³-hybridized carbons (Fsp3) is 0. The number of nitriles is 1. The fourth-order valence-corrected chi connectivity index (χ4v) is 0.498. The first kappa shape index (κ1) is 6.36. The van der Waals surface area contributed by atoms with Gasteiger partial charge in [0.15, 0.2) is 0 Å². The lowest BCUT2D eigenvalue weighted by Crippen LogP contribution is -1.97. The summed E-state index contributed by atoms with van der Waals surface area (Å²) in [5.74, 6) is -0.198. The molecule has 0 amide bonds. The van der Waals surface area contributed by atoms with Crippen LogP contribution in [0.5, 0.6) is 0 Å². The third-order valence-corrected chi connectivity index (χ3v) is 0.931. The minimum absolute atomic E-state index is 0.198. The molecule has 0 aliphatic heterocycles. The molecule has 0 saturated carbocycles. The van der Waals surface area contributed by atoms with Crippen LogP contribution in [0.25, 0.3) is 0 Å². The molecule has 1 aromatic rings. The molecule has 0 aliphatic carbocycles. The zero-order chi connectivity index (χ0) is 7.40. The fourth-order valence-electron chi connectivity index (χ4n) is 0.498. The Labute approximate surface area is 57.1 Å². The molecule has 50 valence electrons. The quantitative estimate of drug-likeness (QED) is 0.357. The lowest BCUT2D eigenvalue weighted by atomic mass is 10.3. The standard InChI is InChI=1S/C6H4N2O2/c7-4-10-6(8)5-1-2-9-3-5/h1-3,8H. The largest absolute Gasteiger partial charge is 0.472 e. The van der Waals surface area contributed by atoms with Crippen LogP contribution in [0.15, 0.2) is 23.0 Å². The van der Waals surface area contributed by atoms with Crippen LogP contribution in [0.3, 0.4) is 0 Å². The second kappa shape index (κ2) is 2.69. The molecule has 0 atom stereocenters. The molecule has 0 spiro atoms. The lowest BCUT2D eigenvalue weighted by molar-refractivity contribution is 0.494. The zero-order valence-electron chi connectivity index (χ0n) is 5.00. The summed E-state index contributed by atoms with van der Waals surface area (Å²) in [5, 5.41) is 15.0. The molecule has 1 rings (SSSR count). The third-order valence-electron chi connectivity index (χ3n) is 0.931. The van der Waals surface area contributed by atoms with Gasteiger partial charge in [-0.05, 0) is 6.07 Å². The topological polar surface area (TPSA) is 70.0 Å². The highest BCUT2D eigenvalue weighted by Gasteiger charge is 2.01. The van der Waals surface area contributed by atoms with Crippen LogP contribution in [0.2, 0.25) is 0 Å². The molecular weight excluding hydrogens is 132 g/mol. The van der Waals surface area contributed by atoms with E-state index in [0.717, 1.165) is 0 Å². The molecule has 4 heteroatoms. The first-order valence-electron chi connectivity index (χ1n) is 2.51. The molecule has 0 saturated heterocycles. The number of nitrogens with one attached hydrogen (secondary N) is 1. The number of furan rings is 1. The van der Waals surface area contributed by atoms with Crippen LogP contribution in [0.4, 0.5) is 0 Å². The Kier molecular flexibility index (Phi) is 1.71. The Morgan fingerprint density at radius 3 is 3.10 bits per heavy atom. The molecule has 10 heavy (non-hydrogen) atoms. The van der Waals surface area contributed by atoms with Gasteiger partial charge in [-0.1, -0.05) is 0 Å². The Balaban J connectivity index is 2.71. The summed E-state index contributed by atoms with van der Waals surface area (Å²) in [7, 11) is 0. The first-order chi connectivity index (χ1) is 4.84. The normalized spacial score (nSPS) is 8.30. The molecule has 0 aliphatic rings. The SMILES string of the molecule is N#COC(=N)c1ccoc1. The van der Waals surface area contributed by atoms with Crippen molar-refractivity contribution in [1.82, 2.24) is 0 Å². The lowest BCUT2D eigenvalue weighted by Gasteiger charge is -1.90. The zero-order valence-corrected chi connectivity index (χ0v) is 5.00. The molecule has 0 fully saturated rings. The highest BCUT2D eigenvalue weighted by atomic mass is 16.5. The van der Waals surface area contributed by atoms with Gasteiger partial charge in [-0.15, -0.1) is 5.26 Å².